The number of benzene rings is 2. The molecular weight excluding hydrogens is 498 g/mol. The number of hydrogen-bond donors (Lipinski definition) is 4. The van der Waals surface area contributed by atoms with Crippen LogP contribution in [0.2, 0.25) is 0 Å². The number of sulfonamides is 1. The molecule has 0 fully saturated rings. The second-order valence-electron chi connectivity index (χ2n) is 9.97. The third kappa shape index (κ3) is 8.06. The molecule has 0 unspecified atom stereocenters. The maximum absolute atomic E-state index is 13.9. The zero-order valence-electron chi connectivity index (χ0n) is 21.3. The lowest BCUT2D eigenvalue weighted by Crippen LogP contribution is -2.51. The monoisotopic (exact) mass is 535 g/mol. The molecule has 1 heterocycles. The summed E-state index contributed by atoms with van der Waals surface area (Å²) in [4.78, 5) is 11.5. The first-order valence-corrected chi connectivity index (χ1v) is 13.8. The number of nitrogens with zero attached hydrogens (tertiary/aromatic N) is 1. The Bertz CT molecular complexity index is 1140. The van der Waals surface area contributed by atoms with Crippen molar-refractivity contribution in [2.45, 2.75) is 50.2 Å². The van der Waals surface area contributed by atoms with E-state index in [1.54, 1.807) is 6.07 Å². The average Bonchev–Trinajstić information content (AvgIpc) is 2.86. The van der Waals surface area contributed by atoms with Crippen LogP contribution in [0.4, 0.5) is 4.79 Å². The van der Waals surface area contributed by atoms with Gasteiger partial charge in [-0.15, -0.1) is 0 Å². The molecule has 1 aliphatic heterocycles. The largest absolute Gasteiger partial charge is 0.486 e. The molecule has 10 nitrogen and oxygen atoms in total. The van der Waals surface area contributed by atoms with Gasteiger partial charge in [-0.25, -0.2) is 13.2 Å². The molecule has 0 saturated heterocycles. The van der Waals surface area contributed by atoms with Crippen molar-refractivity contribution in [3.63, 3.8) is 0 Å². The second-order valence-corrected chi connectivity index (χ2v) is 11.9. The van der Waals surface area contributed by atoms with Crippen LogP contribution in [0, 0.1) is 5.41 Å². The van der Waals surface area contributed by atoms with E-state index >= 15 is 0 Å². The summed E-state index contributed by atoms with van der Waals surface area (Å²) in [7, 11) is -4.09. The minimum Gasteiger partial charge on any atom is -0.486 e. The predicted octanol–water partition coefficient (Wildman–Crippen LogP) is 2.45. The minimum absolute atomic E-state index is 0.00405. The lowest BCUT2D eigenvalue weighted by molar-refractivity contribution is 0.0904. The Labute approximate surface area is 218 Å². The highest BCUT2D eigenvalue weighted by atomic mass is 32.2. The molecule has 0 radical (unpaired) electrons. The van der Waals surface area contributed by atoms with Crippen molar-refractivity contribution in [2.75, 3.05) is 32.8 Å². The molecule has 2 aromatic rings. The maximum atomic E-state index is 13.9. The number of aliphatic hydroxyl groups is 1. The van der Waals surface area contributed by atoms with Gasteiger partial charge in [-0.1, -0.05) is 44.2 Å². The van der Waals surface area contributed by atoms with Gasteiger partial charge in [0.2, 0.25) is 10.0 Å². The number of rotatable bonds is 13. The fraction of sp³-hybridized carbons (Fsp3) is 0.500. The summed E-state index contributed by atoms with van der Waals surface area (Å²) in [5.74, 6) is 0.804. The number of carboxylic acid groups (broad SMARTS) is 1. The SMILES string of the molecule is CC(C)(CCCN)CN(C[C@H](O)[C@H](Cc1ccccc1)NC(=O)O)S(=O)(=O)c1ccc2c(c1)OCCO2. The first kappa shape index (κ1) is 28.7. The molecule has 0 aromatic heterocycles. The van der Waals surface area contributed by atoms with Crippen LogP contribution in [-0.4, -0.2) is 74.0 Å². The Morgan fingerprint density at radius 1 is 1.14 bits per heavy atom. The first-order chi connectivity index (χ1) is 17.5. The van der Waals surface area contributed by atoms with Crippen LogP contribution in [0.5, 0.6) is 11.5 Å². The molecule has 2 aromatic carbocycles. The topological polar surface area (TPSA) is 151 Å². The molecule has 204 valence electrons. The number of carbonyl (C=O) groups is 1. The molecule has 0 aliphatic carbocycles. The highest BCUT2D eigenvalue weighted by molar-refractivity contribution is 7.89. The standard InChI is InChI=1S/C26H37N3O7S/c1-26(2,11-6-12-27)18-29(37(33,34)20-9-10-23-24(16-20)36-14-13-35-23)17-22(30)21(28-25(31)32)15-19-7-4-3-5-8-19/h3-5,7-10,16,21-22,28,30H,6,11-15,17-18,27H2,1-2H3,(H,31,32)/t21-,22-/m0/s1. The van der Waals surface area contributed by atoms with Crippen LogP contribution in [-0.2, 0) is 16.4 Å². The number of amides is 1. The van der Waals surface area contributed by atoms with Gasteiger partial charge in [-0.05, 0) is 48.9 Å². The highest BCUT2D eigenvalue weighted by Gasteiger charge is 2.35. The highest BCUT2D eigenvalue weighted by Crippen LogP contribution is 2.34. The molecule has 0 bridgehead atoms. The summed E-state index contributed by atoms with van der Waals surface area (Å²) in [6, 6.07) is 12.6. The van der Waals surface area contributed by atoms with Gasteiger partial charge in [0.1, 0.15) is 13.2 Å². The molecule has 5 N–H and O–H groups in total. The third-order valence-electron chi connectivity index (χ3n) is 6.28. The summed E-state index contributed by atoms with van der Waals surface area (Å²) in [6.45, 7) is 4.85. The fourth-order valence-corrected chi connectivity index (χ4v) is 6.03. The third-order valence-corrected chi connectivity index (χ3v) is 8.08. The van der Waals surface area contributed by atoms with Crippen LogP contribution in [0.1, 0.15) is 32.3 Å². The molecule has 11 heteroatoms. The van der Waals surface area contributed by atoms with Crippen molar-refractivity contribution in [1.29, 1.82) is 0 Å². The van der Waals surface area contributed by atoms with Gasteiger partial charge < -0.3 is 30.7 Å². The lowest BCUT2D eigenvalue weighted by Gasteiger charge is -2.35. The van der Waals surface area contributed by atoms with E-state index in [0.29, 0.717) is 44.1 Å². The van der Waals surface area contributed by atoms with Crippen LogP contribution >= 0.6 is 0 Å². The quantitative estimate of drug-likeness (QED) is 0.305. The number of ether oxygens (including phenoxy) is 2. The van der Waals surface area contributed by atoms with Gasteiger partial charge >= 0.3 is 6.09 Å². The van der Waals surface area contributed by atoms with E-state index in [1.807, 2.05) is 44.2 Å². The molecule has 0 spiro atoms. The molecule has 0 saturated carbocycles. The van der Waals surface area contributed by atoms with Crippen molar-refractivity contribution < 1.29 is 32.9 Å². The van der Waals surface area contributed by atoms with E-state index in [2.05, 4.69) is 5.32 Å². The van der Waals surface area contributed by atoms with E-state index in [-0.39, 0.29) is 24.4 Å². The van der Waals surface area contributed by atoms with Crippen molar-refractivity contribution in [1.82, 2.24) is 9.62 Å². The van der Waals surface area contributed by atoms with E-state index in [1.165, 1.54) is 16.4 Å². The Kier molecular flexibility index (Phi) is 9.77. The van der Waals surface area contributed by atoms with Gasteiger partial charge in [-0.2, -0.15) is 4.31 Å². The van der Waals surface area contributed by atoms with Crippen LogP contribution < -0.4 is 20.5 Å². The first-order valence-electron chi connectivity index (χ1n) is 12.3. The summed E-state index contributed by atoms with van der Waals surface area (Å²) >= 11 is 0. The molecular formula is C26H37N3O7S. The van der Waals surface area contributed by atoms with E-state index in [9.17, 15) is 23.4 Å². The maximum Gasteiger partial charge on any atom is 0.404 e. The van der Waals surface area contributed by atoms with Crippen molar-refractivity contribution in [2.24, 2.45) is 11.1 Å². The molecule has 3 rings (SSSR count). The Morgan fingerprint density at radius 3 is 2.46 bits per heavy atom. The van der Waals surface area contributed by atoms with E-state index < -0.39 is 33.7 Å². The van der Waals surface area contributed by atoms with Gasteiger partial charge in [0, 0.05) is 19.2 Å². The van der Waals surface area contributed by atoms with Gasteiger partial charge in [0.05, 0.1) is 17.0 Å². The minimum atomic E-state index is -4.09. The average molecular weight is 536 g/mol. The van der Waals surface area contributed by atoms with Crippen LogP contribution in [0.25, 0.3) is 0 Å². The number of nitrogens with two attached hydrogens (primary N) is 1. The Hall–Kier alpha value is -2.86. The number of fused-ring (bicyclic) bond motifs is 1. The lowest BCUT2D eigenvalue weighted by atomic mass is 9.87. The molecule has 37 heavy (non-hydrogen) atoms. The van der Waals surface area contributed by atoms with Crippen molar-refractivity contribution >= 4 is 16.1 Å². The van der Waals surface area contributed by atoms with Crippen LogP contribution in [0.3, 0.4) is 0 Å². The number of nitrogens with one attached hydrogen (secondary N) is 1. The smallest absolute Gasteiger partial charge is 0.404 e. The number of aliphatic hydroxyl groups excluding tert-OH is 1. The van der Waals surface area contributed by atoms with Crippen molar-refractivity contribution in [3.05, 3.63) is 54.1 Å². The Balaban J connectivity index is 1.91. The van der Waals surface area contributed by atoms with Crippen LogP contribution in [0.15, 0.2) is 53.4 Å². The molecule has 1 amide bonds. The zero-order chi connectivity index (χ0) is 27.1. The summed E-state index contributed by atoms with van der Waals surface area (Å²) in [5.41, 5.74) is 6.05. The van der Waals surface area contributed by atoms with E-state index in [4.69, 9.17) is 15.2 Å². The van der Waals surface area contributed by atoms with Crippen molar-refractivity contribution in [3.8, 4) is 11.5 Å². The summed E-state index contributed by atoms with van der Waals surface area (Å²) in [5, 5.41) is 22.9. The van der Waals surface area contributed by atoms with Gasteiger partial charge in [0.25, 0.3) is 0 Å². The normalized spacial score (nSPS) is 15.3. The molecule has 2 atom stereocenters. The zero-order valence-corrected chi connectivity index (χ0v) is 22.1. The Morgan fingerprint density at radius 2 is 1.81 bits per heavy atom. The number of hydrogen-bond acceptors (Lipinski definition) is 7. The van der Waals surface area contributed by atoms with E-state index in [0.717, 1.165) is 5.56 Å². The summed E-state index contributed by atoms with van der Waals surface area (Å²) < 4.78 is 40.0. The predicted molar refractivity (Wildman–Crippen MR) is 139 cm³/mol. The summed E-state index contributed by atoms with van der Waals surface area (Å²) in [6.07, 6.45) is -1.03. The molecule has 1 aliphatic rings. The second kappa shape index (κ2) is 12.6. The van der Waals surface area contributed by atoms with Gasteiger partial charge in [0.15, 0.2) is 11.5 Å². The van der Waals surface area contributed by atoms with Gasteiger partial charge in [-0.3, -0.25) is 0 Å². The fourth-order valence-electron chi connectivity index (χ4n) is 4.36.